The van der Waals surface area contributed by atoms with Gasteiger partial charge in [-0.05, 0) is 54.3 Å². The molecule has 9 heteroatoms. The number of amides is 1. The minimum absolute atomic E-state index is 0.0985. The van der Waals surface area contributed by atoms with Gasteiger partial charge in [-0.2, -0.15) is 31.3 Å². The van der Waals surface area contributed by atoms with Crippen LogP contribution in [0.5, 0.6) is 0 Å². The topological polar surface area (TPSA) is 32.7 Å². The van der Waals surface area contributed by atoms with Crippen molar-refractivity contribution >= 4 is 17.3 Å². The number of amidine groups is 1. The number of rotatable bonds is 1. The summed E-state index contributed by atoms with van der Waals surface area (Å²) in [4.78, 5) is 18.0. The molecule has 1 amide bonds. The lowest BCUT2D eigenvalue weighted by atomic mass is 9.93. The molecule has 3 nitrogen and oxygen atoms in total. The highest BCUT2D eigenvalue weighted by atomic mass is 19.4. The van der Waals surface area contributed by atoms with Crippen molar-refractivity contribution in [2.45, 2.75) is 43.6 Å². The van der Waals surface area contributed by atoms with E-state index in [4.69, 9.17) is 0 Å². The van der Waals surface area contributed by atoms with Crippen LogP contribution in [0.3, 0.4) is 0 Å². The van der Waals surface area contributed by atoms with Crippen LogP contribution in [-0.2, 0) is 17.1 Å². The number of allylic oxidation sites excluding steroid dienone is 2. The van der Waals surface area contributed by atoms with Gasteiger partial charge in [0.1, 0.15) is 11.4 Å². The van der Waals surface area contributed by atoms with E-state index in [2.05, 4.69) is 4.99 Å². The Labute approximate surface area is 156 Å². The van der Waals surface area contributed by atoms with E-state index in [0.717, 1.165) is 12.8 Å². The third-order valence-corrected chi connectivity index (χ3v) is 5.35. The van der Waals surface area contributed by atoms with E-state index in [-0.39, 0.29) is 23.1 Å². The van der Waals surface area contributed by atoms with Crippen LogP contribution in [0.15, 0.2) is 41.5 Å². The number of carbonyl (C=O) groups is 1. The fraction of sp³-hybridized carbons (Fsp3) is 0.368. The molecular weight excluding hydrogens is 386 g/mol. The number of halogens is 6. The van der Waals surface area contributed by atoms with Crippen molar-refractivity contribution < 1.29 is 31.1 Å². The molecule has 2 heterocycles. The summed E-state index contributed by atoms with van der Waals surface area (Å²) in [5, 5.41) is 0. The third kappa shape index (κ3) is 2.93. The third-order valence-electron chi connectivity index (χ3n) is 5.35. The van der Waals surface area contributed by atoms with Crippen molar-refractivity contribution in [1.82, 2.24) is 4.90 Å². The molecule has 2 aliphatic heterocycles. The maximum Gasteiger partial charge on any atom is 0.416 e. The highest BCUT2D eigenvalue weighted by Crippen LogP contribution is 2.43. The first kappa shape index (κ1) is 18.8. The lowest BCUT2D eigenvalue weighted by molar-refractivity contribution is -0.143. The summed E-state index contributed by atoms with van der Waals surface area (Å²) >= 11 is 0. The normalized spacial score (nSPS) is 21.2. The smallest absolute Gasteiger partial charge is 0.317 e. The predicted molar refractivity (Wildman–Crippen MR) is 89.0 cm³/mol. The predicted octanol–water partition coefficient (Wildman–Crippen LogP) is 5.19. The zero-order valence-corrected chi connectivity index (χ0v) is 14.4. The van der Waals surface area contributed by atoms with Gasteiger partial charge in [0.25, 0.3) is 5.91 Å². The number of benzene rings is 1. The zero-order valence-electron chi connectivity index (χ0n) is 14.4. The van der Waals surface area contributed by atoms with Crippen LogP contribution >= 0.6 is 0 Å². The highest BCUT2D eigenvalue weighted by molar-refractivity contribution is 6.13. The molecule has 0 saturated heterocycles. The van der Waals surface area contributed by atoms with E-state index < -0.39 is 29.0 Å². The number of aliphatic imine (C=N–C) groups is 1. The second-order valence-corrected chi connectivity index (χ2v) is 7.10. The molecule has 28 heavy (non-hydrogen) atoms. The number of nitrogens with zero attached hydrogens (tertiary/aromatic N) is 2. The summed E-state index contributed by atoms with van der Waals surface area (Å²) in [5.74, 6) is 0.0424. The van der Waals surface area contributed by atoms with Crippen molar-refractivity contribution in [3.05, 3.63) is 53.2 Å². The maximum atomic E-state index is 13.1. The number of fused-ring (bicyclic) bond motifs is 2. The van der Waals surface area contributed by atoms with Crippen molar-refractivity contribution in [2.75, 3.05) is 0 Å². The van der Waals surface area contributed by atoms with Gasteiger partial charge >= 0.3 is 12.4 Å². The molecule has 0 bridgehead atoms. The fourth-order valence-corrected chi connectivity index (χ4v) is 3.94. The Morgan fingerprint density at radius 3 is 2.00 bits per heavy atom. The Kier molecular flexibility index (Phi) is 3.99. The van der Waals surface area contributed by atoms with Crippen molar-refractivity contribution in [2.24, 2.45) is 4.99 Å². The monoisotopic (exact) mass is 400 g/mol. The van der Waals surface area contributed by atoms with Crippen LogP contribution in [0.4, 0.5) is 26.3 Å². The molecule has 3 aliphatic rings. The SMILES string of the molecule is O=C1N=C2C=CC(c3cc(C(F)(F)F)cc(C(F)(F)F)c3)=CN2C12CCCC2. The molecule has 1 fully saturated rings. The number of hydrogen-bond acceptors (Lipinski definition) is 2. The summed E-state index contributed by atoms with van der Waals surface area (Å²) in [6.07, 6.45) is -2.86. The minimum Gasteiger partial charge on any atom is -0.317 e. The standard InChI is InChI=1S/C19H14F6N2O/c20-18(21,22)13-7-12(8-14(9-13)19(23,24)25)11-3-4-15-26-16(28)17(27(15)10-11)5-1-2-6-17/h3-4,7-10H,1-2,5-6H2. The summed E-state index contributed by atoms with van der Waals surface area (Å²) in [6.45, 7) is 0. The lowest BCUT2D eigenvalue weighted by Gasteiger charge is -2.34. The molecule has 1 saturated carbocycles. The molecule has 4 rings (SSSR count). The Morgan fingerprint density at radius 1 is 0.893 bits per heavy atom. The Balaban J connectivity index is 1.81. The summed E-state index contributed by atoms with van der Waals surface area (Å²) < 4.78 is 78.8. The van der Waals surface area contributed by atoms with Gasteiger partial charge in [0.15, 0.2) is 0 Å². The van der Waals surface area contributed by atoms with E-state index in [1.165, 1.54) is 18.4 Å². The molecule has 1 aromatic rings. The van der Waals surface area contributed by atoms with E-state index in [9.17, 15) is 31.1 Å². The molecule has 1 aromatic carbocycles. The van der Waals surface area contributed by atoms with Gasteiger partial charge in [0, 0.05) is 6.20 Å². The van der Waals surface area contributed by atoms with Gasteiger partial charge in [-0.3, -0.25) is 4.79 Å². The lowest BCUT2D eigenvalue weighted by Crippen LogP contribution is -2.46. The van der Waals surface area contributed by atoms with Gasteiger partial charge in [-0.1, -0.05) is 12.8 Å². The Hall–Kier alpha value is -2.58. The largest absolute Gasteiger partial charge is 0.416 e. The Bertz CT molecular complexity index is 900. The Morgan fingerprint density at radius 2 is 1.46 bits per heavy atom. The van der Waals surface area contributed by atoms with Crippen molar-refractivity contribution in [1.29, 1.82) is 0 Å². The summed E-state index contributed by atoms with van der Waals surface area (Å²) in [7, 11) is 0. The van der Waals surface area contributed by atoms with E-state index in [1.807, 2.05) is 0 Å². The van der Waals surface area contributed by atoms with Crippen molar-refractivity contribution in [3.63, 3.8) is 0 Å². The quantitative estimate of drug-likeness (QED) is 0.608. The van der Waals surface area contributed by atoms with Crippen LogP contribution in [0.25, 0.3) is 5.57 Å². The van der Waals surface area contributed by atoms with Gasteiger partial charge < -0.3 is 4.90 Å². The maximum absolute atomic E-state index is 13.1. The second kappa shape index (κ2) is 5.96. The summed E-state index contributed by atoms with van der Waals surface area (Å²) in [5.41, 5.74) is -3.68. The van der Waals surface area contributed by atoms with Gasteiger partial charge in [-0.25, -0.2) is 0 Å². The summed E-state index contributed by atoms with van der Waals surface area (Å²) in [6, 6.07) is 1.47. The average molecular weight is 400 g/mol. The van der Waals surface area contributed by atoms with Crippen LogP contribution in [0.1, 0.15) is 42.4 Å². The number of hydrogen-bond donors (Lipinski definition) is 0. The van der Waals surface area contributed by atoms with E-state index in [1.54, 1.807) is 4.90 Å². The molecular formula is C19H14F6N2O. The van der Waals surface area contributed by atoms with Gasteiger partial charge in [0.05, 0.1) is 11.1 Å². The molecule has 148 valence electrons. The first-order valence-corrected chi connectivity index (χ1v) is 8.63. The molecule has 0 atom stereocenters. The molecule has 1 spiro atoms. The zero-order chi connectivity index (χ0) is 20.3. The van der Waals surface area contributed by atoms with Crippen LogP contribution in [0.2, 0.25) is 0 Å². The van der Waals surface area contributed by atoms with Crippen LogP contribution < -0.4 is 0 Å². The fourth-order valence-electron chi connectivity index (χ4n) is 3.94. The first-order valence-electron chi connectivity index (χ1n) is 8.63. The van der Waals surface area contributed by atoms with E-state index in [0.29, 0.717) is 30.8 Å². The second-order valence-electron chi connectivity index (χ2n) is 7.10. The minimum atomic E-state index is -4.92. The molecule has 0 radical (unpaired) electrons. The molecule has 0 N–H and O–H groups in total. The molecule has 0 unspecified atom stereocenters. The van der Waals surface area contributed by atoms with Crippen LogP contribution in [0, 0.1) is 0 Å². The van der Waals surface area contributed by atoms with Crippen LogP contribution in [-0.4, -0.2) is 22.2 Å². The van der Waals surface area contributed by atoms with E-state index >= 15 is 0 Å². The van der Waals surface area contributed by atoms with Gasteiger partial charge in [0.2, 0.25) is 0 Å². The van der Waals surface area contributed by atoms with Gasteiger partial charge in [-0.15, -0.1) is 0 Å². The number of alkyl halides is 6. The highest BCUT2D eigenvalue weighted by Gasteiger charge is 2.51. The first-order chi connectivity index (χ1) is 13.0. The average Bonchev–Trinajstić information content (AvgIpc) is 3.20. The molecule has 0 aromatic heterocycles. The van der Waals surface area contributed by atoms with Crippen molar-refractivity contribution in [3.8, 4) is 0 Å². The molecule has 1 aliphatic carbocycles. The number of carbonyl (C=O) groups excluding carboxylic acids is 1.